The smallest absolute Gasteiger partial charge is 0.405 e. The molecular weight excluding hydrogens is 305 g/mol. The van der Waals surface area contributed by atoms with E-state index in [9.17, 15) is 18.0 Å². The second kappa shape index (κ2) is 5.77. The number of carbonyl (C=O) groups is 1. The minimum atomic E-state index is -4.87. The summed E-state index contributed by atoms with van der Waals surface area (Å²) in [5.41, 5.74) is 0.606. The highest BCUT2D eigenvalue weighted by atomic mass is 35.5. The average molecular weight is 315 g/mol. The van der Waals surface area contributed by atoms with Gasteiger partial charge in [0.25, 0.3) is 0 Å². The van der Waals surface area contributed by atoms with Gasteiger partial charge in [-0.15, -0.1) is 13.2 Å². The number of carbonyl (C=O) groups excluding carboxylic acids is 1. The number of ketones is 1. The maximum Gasteiger partial charge on any atom is 0.573 e. The van der Waals surface area contributed by atoms with Crippen LogP contribution in [0, 0.1) is 6.92 Å². The van der Waals surface area contributed by atoms with Gasteiger partial charge in [-0.1, -0.05) is 35.9 Å². The first-order valence-corrected chi connectivity index (χ1v) is 6.32. The third-order valence-electron chi connectivity index (χ3n) is 2.79. The van der Waals surface area contributed by atoms with Gasteiger partial charge >= 0.3 is 6.36 Å². The van der Waals surface area contributed by atoms with Crippen molar-refractivity contribution in [2.24, 2.45) is 0 Å². The lowest BCUT2D eigenvalue weighted by atomic mass is 10.0. The maximum atomic E-state index is 12.4. The van der Waals surface area contributed by atoms with E-state index in [1.54, 1.807) is 19.1 Å². The van der Waals surface area contributed by atoms with E-state index in [0.29, 0.717) is 5.56 Å². The van der Waals surface area contributed by atoms with Gasteiger partial charge in [-0.2, -0.15) is 0 Å². The fourth-order valence-corrected chi connectivity index (χ4v) is 2.05. The number of halogens is 4. The molecule has 110 valence electrons. The van der Waals surface area contributed by atoms with Crippen LogP contribution in [0.5, 0.6) is 5.75 Å². The summed E-state index contributed by atoms with van der Waals surface area (Å²) in [6, 6.07) is 9.95. The number of hydrogen-bond acceptors (Lipinski definition) is 2. The van der Waals surface area contributed by atoms with Gasteiger partial charge in [-0.3, -0.25) is 4.79 Å². The molecule has 6 heteroatoms. The molecule has 2 aromatic rings. The van der Waals surface area contributed by atoms with Crippen molar-refractivity contribution in [3.8, 4) is 5.75 Å². The van der Waals surface area contributed by atoms with Crippen LogP contribution in [0.25, 0.3) is 0 Å². The lowest BCUT2D eigenvalue weighted by Gasteiger charge is -2.13. The molecule has 0 N–H and O–H groups in total. The van der Waals surface area contributed by atoms with E-state index in [1.807, 2.05) is 0 Å². The molecule has 2 rings (SSSR count). The van der Waals surface area contributed by atoms with Crippen LogP contribution in [-0.2, 0) is 0 Å². The van der Waals surface area contributed by atoms with Crippen molar-refractivity contribution in [3.63, 3.8) is 0 Å². The first kappa shape index (κ1) is 15.4. The SMILES string of the molecule is Cc1cccc(C(=O)c2ccccc2OC(F)(F)F)c1Cl. The van der Waals surface area contributed by atoms with Crippen LogP contribution >= 0.6 is 11.6 Å². The molecule has 0 amide bonds. The summed E-state index contributed by atoms with van der Waals surface area (Å²) in [4.78, 5) is 12.4. The fourth-order valence-electron chi connectivity index (χ4n) is 1.84. The Morgan fingerprint density at radius 1 is 1.05 bits per heavy atom. The number of para-hydroxylation sites is 1. The number of ether oxygens (including phenoxy) is 1. The molecule has 0 aliphatic rings. The highest BCUT2D eigenvalue weighted by Gasteiger charge is 2.33. The molecule has 2 aromatic carbocycles. The molecule has 0 aromatic heterocycles. The predicted molar refractivity (Wildman–Crippen MR) is 72.7 cm³/mol. The van der Waals surface area contributed by atoms with E-state index in [0.717, 1.165) is 6.07 Å². The zero-order valence-corrected chi connectivity index (χ0v) is 11.6. The van der Waals surface area contributed by atoms with Crippen molar-refractivity contribution in [2.45, 2.75) is 13.3 Å². The molecule has 0 atom stereocenters. The van der Waals surface area contributed by atoms with Crippen molar-refractivity contribution in [3.05, 3.63) is 64.2 Å². The summed E-state index contributed by atoms with van der Waals surface area (Å²) in [6.07, 6.45) is -4.87. The van der Waals surface area contributed by atoms with Gasteiger partial charge in [0.2, 0.25) is 0 Å². The van der Waals surface area contributed by atoms with Gasteiger partial charge in [0.15, 0.2) is 5.78 Å². The van der Waals surface area contributed by atoms with Crippen LogP contribution < -0.4 is 4.74 Å². The Morgan fingerprint density at radius 2 is 1.67 bits per heavy atom. The highest BCUT2D eigenvalue weighted by molar-refractivity contribution is 6.35. The Labute approximate surface area is 124 Å². The molecule has 0 saturated carbocycles. The fraction of sp³-hybridized carbons (Fsp3) is 0.133. The zero-order chi connectivity index (χ0) is 15.6. The molecule has 0 radical (unpaired) electrons. The molecule has 0 aliphatic carbocycles. The summed E-state index contributed by atoms with van der Waals surface area (Å²) in [5.74, 6) is -1.17. The van der Waals surface area contributed by atoms with Gasteiger partial charge in [-0.05, 0) is 30.7 Å². The van der Waals surface area contributed by atoms with Crippen LogP contribution in [0.4, 0.5) is 13.2 Å². The monoisotopic (exact) mass is 314 g/mol. The second-order valence-electron chi connectivity index (χ2n) is 4.31. The van der Waals surface area contributed by atoms with Crippen LogP contribution in [0.2, 0.25) is 5.02 Å². The number of aryl methyl sites for hydroxylation is 1. The summed E-state index contributed by atoms with van der Waals surface area (Å²) < 4.78 is 41.0. The third-order valence-corrected chi connectivity index (χ3v) is 3.30. The molecule has 2 nitrogen and oxygen atoms in total. The number of alkyl halides is 3. The zero-order valence-electron chi connectivity index (χ0n) is 10.9. The van der Waals surface area contributed by atoms with Gasteiger partial charge in [0, 0.05) is 5.56 Å². The highest BCUT2D eigenvalue weighted by Crippen LogP contribution is 2.30. The Hall–Kier alpha value is -2.01. The number of rotatable bonds is 3. The van der Waals surface area contributed by atoms with Gasteiger partial charge in [0.1, 0.15) is 5.75 Å². The van der Waals surface area contributed by atoms with E-state index >= 15 is 0 Å². The van der Waals surface area contributed by atoms with Gasteiger partial charge < -0.3 is 4.74 Å². The van der Waals surface area contributed by atoms with Crippen LogP contribution in [-0.4, -0.2) is 12.1 Å². The van der Waals surface area contributed by atoms with E-state index in [2.05, 4.69) is 4.74 Å². The minimum absolute atomic E-state index is 0.134. The molecule has 0 aliphatic heterocycles. The van der Waals surface area contributed by atoms with Crippen LogP contribution in [0.15, 0.2) is 42.5 Å². The molecule has 0 fully saturated rings. The van der Waals surface area contributed by atoms with Crippen molar-refractivity contribution < 1.29 is 22.7 Å². The molecule has 21 heavy (non-hydrogen) atoms. The summed E-state index contributed by atoms with van der Waals surface area (Å²) in [5, 5.41) is 0.212. The van der Waals surface area contributed by atoms with Crippen LogP contribution in [0.3, 0.4) is 0 Å². The Morgan fingerprint density at radius 3 is 2.33 bits per heavy atom. The van der Waals surface area contributed by atoms with Gasteiger partial charge in [0.05, 0.1) is 10.6 Å². The molecule has 0 heterocycles. The average Bonchev–Trinajstić information content (AvgIpc) is 2.40. The van der Waals surface area contributed by atoms with E-state index in [4.69, 9.17) is 11.6 Å². The molecule has 0 bridgehead atoms. The normalized spacial score (nSPS) is 11.3. The lowest BCUT2D eigenvalue weighted by molar-refractivity contribution is -0.274. The third kappa shape index (κ3) is 3.55. The first-order valence-electron chi connectivity index (χ1n) is 5.94. The lowest BCUT2D eigenvalue weighted by Crippen LogP contribution is -2.19. The second-order valence-corrected chi connectivity index (χ2v) is 4.69. The topological polar surface area (TPSA) is 26.3 Å². The first-order chi connectivity index (χ1) is 9.79. The molecule has 0 unspecified atom stereocenters. The van der Waals surface area contributed by atoms with E-state index < -0.39 is 17.9 Å². The summed E-state index contributed by atoms with van der Waals surface area (Å²) in [6.45, 7) is 1.71. The van der Waals surface area contributed by atoms with Crippen molar-refractivity contribution in [1.82, 2.24) is 0 Å². The molecule has 0 saturated heterocycles. The Balaban J connectivity index is 2.47. The Kier molecular flexibility index (Phi) is 4.23. The Bertz CT molecular complexity index is 681. The molecule has 0 spiro atoms. The van der Waals surface area contributed by atoms with Crippen molar-refractivity contribution in [2.75, 3.05) is 0 Å². The maximum absolute atomic E-state index is 12.4. The van der Waals surface area contributed by atoms with E-state index in [1.165, 1.54) is 24.3 Å². The summed E-state index contributed by atoms with van der Waals surface area (Å²) in [7, 11) is 0. The van der Waals surface area contributed by atoms with Crippen molar-refractivity contribution in [1.29, 1.82) is 0 Å². The van der Waals surface area contributed by atoms with E-state index in [-0.39, 0.29) is 16.1 Å². The van der Waals surface area contributed by atoms with Crippen molar-refractivity contribution >= 4 is 17.4 Å². The van der Waals surface area contributed by atoms with Crippen LogP contribution in [0.1, 0.15) is 21.5 Å². The summed E-state index contributed by atoms with van der Waals surface area (Å²) >= 11 is 6.04. The minimum Gasteiger partial charge on any atom is -0.405 e. The van der Waals surface area contributed by atoms with Gasteiger partial charge in [-0.25, -0.2) is 0 Å². The molecular formula is C15H10ClF3O2. The largest absolute Gasteiger partial charge is 0.573 e. The number of benzene rings is 2. The quantitative estimate of drug-likeness (QED) is 0.762. The standard InChI is InChI=1S/C15H10ClF3O2/c1-9-5-4-7-11(13(9)16)14(20)10-6-2-3-8-12(10)21-15(17,18)19/h2-8H,1H3. The predicted octanol–water partition coefficient (Wildman–Crippen LogP) is 4.78. The number of hydrogen-bond donors (Lipinski definition) is 0.